The molecule has 0 fully saturated rings. The van der Waals surface area contributed by atoms with E-state index >= 15 is 0 Å². The first-order chi connectivity index (χ1) is 12.8. The lowest BCUT2D eigenvalue weighted by Crippen LogP contribution is -2.48. The van der Waals surface area contributed by atoms with Crippen LogP contribution in [0.2, 0.25) is 0 Å². The maximum Gasteiger partial charge on any atom is 0.268 e. The van der Waals surface area contributed by atoms with Crippen LogP contribution in [0.3, 0.4) is 0 Å². The standard InChI is InChI=1S/C21H22N2O4/c1-13-4-6-16(7-5-13)11-22-20(25)12-23-18-10-17(14(2)24)8-9-19(18)27-15(3)21(23)26/h4-10,15H,11-12H2,1-3H3,(H,22,25). The number of hydrogen-bond acceptors (Lipinski definition) is 4. The van der Waals surface area contributed by atoms with Crippen molar-refractivity contribution >= 4 is 23.3 Å². The number of carbonyl (C=O) groups is 3. The van der Waals surface area contributed by atoms with Crippen molar-refractivity contribution in [2.75, 3.05) is 11.4 Å². The maximum atomic E-state index is 12.6. The van der Waals surface area contributed by atoms with E-state index in [4.69, 9.17) is 4.74 Å². The summed E-state index contributed by atoms with van der Waals surface area (Å²) >= 11 is 0. The van der Waals surface area contributed by atoms with Crippen LogP contribution in [-0.2, 0) is 16.1 Å². The second kappa shape index (κ2) is 7.61. The molecule has 0 aliphatic carbocycles. The molecule has 0 saturated heterocycles. The van der Waals surface area contributed by atoms with E-state index in [2.05, 4.69) is 5.32 Å². The van der Waals surface area contributed by atoms with Crippen LogP contribution in [0.15, 0.2) is 42.5 Å². The lowest BCUT2D eigenvalue weighted by atomic mass is 10.1. The van der Waals surface area contributed by atoms with Crippen LogP contribution in [0.1, 0.15) is 35.3 Å². The van der Waals surface area contributed by atoms with Gasteiger partial charge in [0.2, 0.25) is 5.91 Å². The second-order valence-corrected chi connectivity index (χ2v) is 6.69. The molecule has 2 amide bonds. The predicted octanol–water partition coefficient (Wildman–Crippen LogP) is 2.63. The Bertz CT molecular complexity index is 890. The van der Waals surface area contributed by atoms with Crippen molar-refractivity contribution in [1.29, 1.82) is 0 Å². The molecule has 0 spiro atoms. The molecule has 0 saturated carbocycles. The second-order valence-electron chi connectivity index (χ2n) is 6.69. The Morgan fingerprint density at radius 1 is 1.15 bits per heavy atom. The van der Waals surface area contributed by atoms with Crippen LogP contribution in [-0.4, -0.2) is 30.2 Å². The van der Waals surface area contributed by atoms with Crippen molar-refractivity contribution in [2.45, 2.75) is 33.4 Å². The van der Waals surface area contributed by atoms with Crippen molar-refractivity contribution in [3.63, 3.8) is 0 Å². The molecule has 2 aromatic rings. The van der Waals surface area contributed by atoms with Crippen molar-refractivity contribution in [3.05, 3.63) is 59.2 Å². The van der Waals surface area contributed by atoms with E-state index in [1.807, 2.05) is 31.2 Å². The Labute approximate surface area is 158 Å². The third-order valence-electron chi connectivity index (χ3n) is 4.49. The normalized spacial score (nSPS) is 15.7. The summed E-state index contributed by atoms with van der Waals surface area (Å²) < 4.78 is 5.60. The van der Waals surface area contributed by atoms with Gasteiger partial charge in [0.25, 0.3) is 5.91 Å². The van der Waals surface area contributed by atoms with Crippen molar-refractivity contribution < 1.29 is 19.1 Å². The van der Waals surface area contributed by atoms with Gasteiger partial charge in [0.05, 0.1) is 5.69 Å². The van der Waals surface area contributed by atoms with Crippen molar-refractivity contribution in [2.24, 2.45) is 0 Å². The minimum absolute atomic E-state index is 0.118. The third-order valence-corrected chi connectivity index (χ3v) is 4.49. The van der Waals surface area contributed by atoms with E-state index in [0.717, 1.165) is 11.1 Å². The topological polar surface area (TPSA) is 75.7 Å². The highest BCUT2D eigenvalue weighted by Gasteiger charge is 2.33. The number of ketones is 1. The molecule has 6 nitrogen and oxygen atoms in total. The summed E-state index contributed by atoms with van der Waals surface area (Å²) in [5.41, 5.74) is 3.03. The molecular formula is C21H22N2O4. The summed E-state index contributed by atoms with van der Waals surface area (Å²) in [7, 11) is 0. The molecule has 140 valence electrons. The third kappa shape index (κ3) is 4.16. The average molecular weight is 366 g/mol. The molecule has 1 aliphatic rings. The molecule has 1 unspecified atom stereocenters. The highest BCUT2D eigenvalue weighted by atomic mass is 16.5. The zero-order valence-electron chi connectivity index (χ0n) is 15.6. The van der Waals surface area contributed by atoms with Crippen molar-refractivity contribution in [1.82, 2.24) is 5.32 Å². The lowest BCUT2D eigenvalue weighted by Gasteiger charge is -2.32. The number of hydrogen-bond donors (Lipinski definition) is 1. The first kappa shape index (κ1) is 18.6. The van der Waals surface area contributed by atoms with Crippen LogP contribution in [0.4, 0.5) is 5.69 Å². The predicted molar refractivity (Wildman–Crippen MR) is 102 cm³/mol. The number of carbonyl (C=O) groups excluding carboxylic acids is 3. The van der Waals surface area contributed by atoms with E-state index in [9.17, 15) is 14.4 Å². The molecule has 1 aliphatic heterocycles. The number of nitrogens with one attached hydrogen (secondary N) is 1. The van der Waals surface area contributed by atoms with Gasteiger partial charge in [-0.1, -0.05) is 29.8 Å². The SMILES string of the molecule is CC(=O)c1ccc2c(c1)N(CC(=O)NCc1ccc(C)cc1)C(=O)C(C)O2. The van der Waals surface area contributed by atoms with Gasteiger partial charge in [0.15, 0.2) is 11.9 Å². The Morgan fingerprint density at radius 3 is 2.52 bits per heavy atom. The minimum atomic E-state index is -0.689. The van der Waals surface area contributed by atoms with E-state index in [-0.39, 0.29) is 24.1 Å². The van der Waals surface area contributed by atoms with Gasteiger partial charge in [-0.05, 0) is 44.5 Å². The fourth-order valence-corrected chi connectivity index (χ4v) is 2.90. The highest BCUT2D eigenvalue weighted by molar-refractivity contribution is 6.05. The van der Waals surface area contributed by atoms with E-state index in [0.29, 0.717) is 23.5 Å². The summed E-state index contributed by atoms with van der Waals surface area (Å²) in [6.45, 7) is 5.34. The Hall–Kier alpha value is -3.15. The number of nitrogens with zero attached hydrogens (tertiary/aromatic N) is 1. The number of rotatable bonds is 5. The molecule has 6 heteroatoms. The molecule has 0 bridgehead atoms. The van der Waals surface area contributed by atoms with Gasteiger partial charge in [-0.3, -0.25) is 19.3 Å². The van der Waals surface area contributed by atoms with E-state index in [1.165, 1.54) is 11.8 Å². The summed E-state index contributed by atoms with van der Waals surface area (Å²) in [5.74, 6) is -0.225. The number of aryl methyl sites for hydroxylation is 1. The first-order valence-electron chi connectivity index (χ1n) is 8.80. The van der Waals surface area contributed by atoms with Crippen LogP contribution in [0.5, 0.6) is 5.75 Å². The van der Waals surface area contributed by atoms with Gasteiger partial charge in [-0.15, -0.1) is 0 Å². The molecule has 3 rings (SSSR count). The number of benzene rings is 2. The maximum absolute atomic E-state index is 12.6. The number of anilines is 1. The molecule has 2 aromatic carbocycles. The van der Waals surface area contributed by atoms with Gasteiger partial charge in [0.1, 0.15) is 12.3 Å². The first-order valence-corrected chi connectivity index (χ1v) is 8.80. The molecular weight excluding hydrogens is 344 g/mol. The number of amides is 2. The van der Waals surface area contributed by atoms with Crippen LogP contribution < -0.4 is 15.0 Å². The average Bonchev–Trinajstić information content (AvgIpc) is 2.64. The van der Waals surface area contributed by atoms with Gasteiger partial charge >= 0.3 is 0 Å². The lowest BCUT2D eigenvalue weighted by molar-refractivity contribution is -0.128. The summed E-state index contributed by atoms with van der Waals surface area (Å²) in [4.78, 5) is 38.0. The molecule has 1 N–H and O–H groups in total. The monoisotopic (exact) mass is 366 g/mol. The Morgan fingerprint density at radius 2 is 1.85 bits per heavy atom. The highest BCUT2D eigenvalue weighted by Crippen LogP contribution is 2.34. The van der Waals surface area contributed by atoms with E-state index in [1.54, 1.807) is 25.1 Å². The summed E-state index contributed by atoms with van der Waals surface area (Å²) in [5, 5.41) is 2.83. The molecule has 0 aromatic heterocycles. The summed E-state index contributed by atoms with van der Waals surface area (Å²) in [6, 6.07) is 12.8. The number of ether oxygens (including phenoxy) is 1. The smallest absolute Gasteiger partial charge is 0.268 e. The van der Waals surface area contributed by atoms with Gasteiger partial charge in [0, 0.05) is 12.1 Å². The van der Waals surface area contributed by atoms with Crippen molar-refractivity contribution in [3.8, 4) is 5.75 Å². The van der Waals surface area contributed by atoms with Gasteiger partial charge in [-0.25, -0.2) is 0 Å². The van der Waals surface area contributed by atoms with Crippen LogP contribution in [0, 0.1) is 6.92 Å². The zero-order chi connectivity index (χ0) is 19.6. The quantitative estimate of drug-likeness (QED) is 0.826. The molecule has 27 heavy (non-hydrogen) atoms. The Balaban J connectivity index is 1.75. The fraction of sp³-hybridized carbons (Fsp3) is 0.286. The molecule has 1 atom stereocenters. The largest absolute Gasteiger partial charge is 0.479 e. The van der Waals surface area contributed by atoms with Crippen LogP contribution >= 0.6 is 0 Å². The van der Waals surface area contributed by atoms with Gasteiger partial charge < -0.3 is 10.1 Å². The molecule has 1 heterocycles. The number of fused-ring (bicyclic) bond motifs is 1. The molecule has 0 radical (unpaired) electrons. The minimum Gasteiger partial charge on any atom is -0.479 e. The summed E-state index contributed by atoms with van der Waals surface area (Å²) in [6.07, 6.45) is -0.689. The fourth-order valence-electron chi connectivity index (χ4n) is 2.90. The van der Waals surface area contributed by atoms with E-state index < -0.39 is 6.10 Å². The number of Topliss-reactive ketones (excluding diaryl/α,β-unsaturated/α-hetero) is 1. The zero-order valence-corrected chi connectivity index (χ0v) is 15.6. The van der Waals surface area contributed by atoms with Gasteiger partial charge in [-0.2, -0.15) is 0 Å². The Kier molecular flexibility index (Phi) is 5.26. The van der Waals surface area contributed by atoms with Crippen LogP contribution in [0.25, 0.3) is 0 Å².